The maximum absolute atomic E-state index is 12.5. The van der Waals surface area contributed by atoms with E-state index in [-0.39, 0.29) is 40.5 Å². The molecule has 1 heterocycles. The van der Waals surface area contributed by atoms with E-state index in [1.165, 1.54) is 24.3 Å². The van der Waals surface area contributed by atoms with Gasteiger partial charge in [-0.2, -0.15) is 0 Å². The summed E-state index contributed by atoms with van der Waals surface area (Å²) >= 11 is 6.54. The monoisotopic (exact) mass is 435 g/mol. The average molecular weight is 436 g/mol. The summed E-state index contributed by atoms with van der Waals surface area (Å²) in [6.45, 7) is 0.244. The van der Waals surface area contributed by atoms with Crippen LogP contribution in [0.25, 0.3) is 6.08 Å². The molecule has 8 nitrogen and oxygen atoms in total. The smallest absolute Gasteiger partial charge is 0.293 e. The van der Waals surface area contributed by atoms with Crippen LogP contribution in [0, 0.1) is 16.0 Å². The van der Waals surface area contributed by atoms with Crippen molar-refractivity contribution in [3.8, 4) is 0 Å². The van der Waals surface area contributed by atoms with Crippen molar-refractivity contribution in [1.82, 2.24) is 10.2 Å². The normalized spacial score (nSPS) is 20.4. The van der Waals surface area contributed by atoms with Gasteiger partial charge in [0.25, 0.3) is 16.8 Å². The number of amides is 3. The fourth-order valence-corrected chi connectivity index (χ4v) is 4.12. The van der Waals surface area contributed by atoms with E-state index in [0.29, 0.717) is 12.0 Å². The van der Waals surface area contributed by atoms with Gasteiger partial charge in [0, 0.05) is 25.1 Å². The lowest BCUT2D eigenvalue weighted by molar-refractivity contribution is -0.384. The Labute approximate surface area is 176 Å². The molecular formula is C19H18ClN3O5S. The number of hydrogen-bond acceptors (Lipinski definition) is 6. The Bertz CT molecular complexity index is 930. The highest BCUT2D eigenvalue weighted by Gasteiger charge is 2.35. The third-order valence-electron chi connectivity index (χ3n) is 4.61. The lowest BCUT2D eigenvalue weighted by atomic mass is 9.94. The van der Waals surface area contributed by atoms with Crippen molar-refractivity contribution >= 4 is 52.2 Å². The van der Waals surface area contributed by atoms with E-state index >= 15 is 0 Å². The molecule has 29 heavy (non-hydrogen) atoms. The van der Waals surface area contributed by atoms with Gasteiger partial charge in [-0.3, -0.25) is 29.4 Å². The third kappa shape index (κ3) is 5.04. The molecule has 10 heteroatoms. The molecule has 1 aliphatic heterocycles. The van der Waals surface area contributed by atoms with E-state index in [2.05, 4.69) is 5.32 Å². The van der Waals surface area contributed by atoms with E-state index in [1.807, 2.05) is 12.2 Å². The summed E-state index contributed by atoms with van der Waals surface area (Å²) in [6, 6.07) is 4.14. The standard InChI is InChI=1S/C19H18ClN3O5S/c20-14-7-6-12(10-15(14)23(27)28)11-16-18(25)22(19(26)29-16)9-8-21-17(24)13-4-2-1-3-5-13/h1-2,6-7,10-11,13H,3-5,8-9H2,(H,21,24)/b16-11-. The zero-order valence-corrected chi connectivity index (χ0v) is 16.9. The highest BCUT2D eigenvalue weighted by atomic mass is 35.5. The Morgan fingerprint density at radius 1 is 1.38 bits per heavy atom. The molecule has 0 aromatic heterocycles. The number of nitrogens with one attached hydrogen (secondary N) is 1. The molecule has 1 aromatic carbocycles. The van der Waals surface area contributed by atoms with Gasteiger partial charge in [0.2, 0.25) is 5.91 Å². The predicted octanol–water partition coefficient (Wildman–Crippen LogP) is 3.76. The van der Waals surface area contributed by atoms with E-state index in [1.54, 1.807) is 0 Å². The first-order valence-corrected chi connectivity index (χ1v) is 10.2. The predicted molar refractivity (Wildman–Crippen MR) is 110 cm³/mol. The molecule has 152 valence electrons. The van der Waals surface area contributed by atoms with Crippen molar-refractivity contribution in [2.24, 2.45) is 5.92 Å². The molecule has 0 spiro atoms. The number of benzene rings is 1. The maximum Gasteiger partial charge on any atom is 0.293 e. The molecule has 1 atom stereocenters. The molecule has 3 rings (SSSR count). The van der Waals surface area contributed by atoms with E-state index in [4.69, 9.17) is 11.6 Å². The SMILES string of the molecule is O=C(NCCN1C(=O)S/C(=C\c2ccc(Cl)c([N+](=O)[O-])c2)C1=O)C1CC=CCC1. The molecule has 1 fully saturated rings. The lowest BCUT2D eigenvalue weighted by Gasteiger charge is -2.18. The molecule has 2 aliphatic rings. The van der Waals surface area contributed by atoms with Crippen LogP contribution < -0.4 is 5.32 Å². The van der Waals surface area contributed by atoms with E-state index in [0.717, 1.165) is 29.5 Å². The second-order valence-corrected chi connectivity index (χ2v) is 7.97. The van der Waals surface area contributed by atoms with Crippen LogP contribution in [-0.4, -0.2) is 40.0 Å². The largest absolute Gasteiger partial charge is 0.354 e. The van der Waals surface area contributed by atoms with Crippen LogP contribution in [0.4, 0.5) is 10.5 Å². The van der Waals surface area contributed by atoms with Crippen LogP contribution in [0.15, 0.2) is 35.3 Å². The van der Waals surface area contributed by atoms with Gasteiger partial charge in [-0.15, -0.1) is 0 Å². The number of nitrogens with zero attached hydrogens (tertiary/aromatic N) is 2. The zero-order valence-electron chi connectivity index (χ0n) is 15.3. The van der Waals surface area contributed by atoms with Gasteiger partial charge in [0.15, 0.2) is 0 Å². The molecule has 0 radical (unpaired) electrons. The Morgan fingerprint density at radius 2 is 2.17 bits per heavy atom. The van der Waals surface area contributed by atoms with Crippen molar-refractivity contribution in [1.29, 1.82) is 0 Å². The Morgan fingerprint density at radius 3 is 2.86 bits per heavy atom. The summed E-state index contributed by atoms with van der Waals surface area (Å²) in [6.07, 6.45) is 7.81. The minimum absolute atomic E-state index is 0.00977. The fraction of sp³-hybridized carbons (Fsp3) is 0.316. The number of nitro benzene ring substituents is 1. The van der Waals surface area contributed by atoms with Gasteiger partial charge in [-0.25, -0.2) is 0 Å². The minimum Gasteiger partial charge on any atom is -0.354 e. The number of hydrogen-bond donors (Lipinski definition) is 1. The summed E-state index contributed by atoms with van der Waals surface area (Å²) < 4.78 is 0. The first-order chi connectivity index (χ1) is 13.9. The molecule has 3 amide bonds. The van der Waals surface area contributed by atoms with E-state index < -0.39 is 16.1 Å². The summed E-state index contributed by atoms with van der Waals surface area (Å²) in [5.41, 5.74) is 0.116. The number of thioether (sulfide) groups is 1. The van der Waals surface area contributed by atoms with Crippen LogP contribution in [-0.2, 0) is 9.59 Å². The number of allylic oxidation sites excluding steroid dienone is 2. The molecule has 1 saturated heterocycles. The Hall–Kier alpha value is -2.65. The molecule has 1 aliphatic carbocycles. The molecular weight excluding hydrogens is 418 g/mol. The maximum atomic E-state index is 12.5. The first kappa shape index (κ1) is 21.1. The van der Waals surface area contributed by atoms with E-state index in [9.17, 15) is 24.5 Å². The van der Waals surface area contributed by atoms with Crippen molar-refractivity contribution in [3.05, 3.63) is 56.0 Å². The zero-order chi connectivity index (χ0) is 21.0. The highest BCUT2D eigenvalue weighted by molar-refractivity contribution is 8.18. The van der Waals surface area contributed by atoms with Crippen LogP contribution >= 0.6 is 23.4 Å². The molecule has 1 N–H and O–H groups in total. The van der Waals surface area contributed by atoms with Crippen LogP contribution in [0.1, 0.15) is 24.8 Å². The minimum atomic E-state index is -0.615. The second kappa shape index (κ2) is 9.23. The van der Waals surface area contributed by atoms with Crippen molar-refractivity contribution < 1.29 is 19.3 Å². The van der Waals surface area contributed by atoms with Gasteiger partial charge >= 0.3 is 0 Å². The van der Waals surface area contributed by atoms with Crippen molar-refractivity contribution in [3.63, 3.8) is 0 Å². The van der Waals surface area contributed by atoms with Crippen molar-refractivity contribution in [2.45, 2.75) is 19.3 Å². The summed E-state index contributed by atoms with van der Waals surface area (Å²) in [7, 11) is 0. The lowest BCUT2D eigenvalue weighted by Crippen LogP contribution is -2.39. The number of nitro groups is 1. The third-order valence-corrected chi connectivity index (χ3v) is 5.84. The Kier molecular flexibility index (Phi) is 6.71. The van der Waals surface area contributed by atoms with Crippen LogP contribution in [0.2, 0.25) is 5.02 Å². The van der Waals surface area contributed by atoms with Gasteiger partial charge in [0.05, 0.1) is 9.83 Å². The number of carbonyl (C=O) groups is 3. The van der Waals surface area contributed by atoms with Crippen molar-refractivity contribution in [2.75, 3.05) is 13.1 Å². The quantitative estimate of drug-likeness (QED) is 0.315. The second-order valence-electron chi connectivity index (χ2n) is 6.57. The number of rotatable bonds is 6. The van der Waals surface area contributed by atoms with Gasteiger partial charge in [0.1, 0.15) is 5.02 Å². The number of carbonyl (C=O) groups excluding carboxylic acids is 3. The summed E-state index contributed by atoms with van der Waals surface area (Å²) in [5.74, 6) is -0.645. The first-order valence-electron chi connectivity index (χ1n) is 8.99. The molecule has 0 saturated carbocycles. The average Bonchev–Trinajstić information content (AvgIpc) is 2.97. The van der Waals surface area contributed by atoms with Gasteiger partial charge in [-0.1, -0.05) is 29.8 Å². The van der Waals surface area contributed by atoms with Crippen LogP contribution in [0.5, 0.6) is 0 Å². The summed E-state index contributed by atoms with van der Waals surface area (Å²) in [4.78, 5) is 48.4. The molecule has 1 unspecified atom stereocenters. The highest BCUT2D eigenvalue weighted by Crippen LogP contribution is 2.33. The van der Waals surface area contributed by atoms with Crippen LogP contribution in [0.3, 0.4) is 0 Å². The number of imide groups is 1. The van der Waals surface area contributed by atoms with Gasteiger partial charge in [-0.05, 0) is 48.7 Å². The summed E-state index contributed by atoms with van der Waals surface area (Å²) in [5, 5.41) is 13.3. The molecule has 1 aromatic rings. The fourth-order valence-electron chi connectivity index (χ4n) is 3.07. The van der Waals surface area contributed by atoms with Gasteiger partial charge < -0.3 is 5.32 Å². The Balaban J connectivity index is 1.61. The number of halogens is 1. The topological polar surface area (TPSA) is 110 Å². The molecule has 0 bridgehead atoms.